The molecule has 0 aromatic carbocycles. The van der Waals surface area contributed by atoms with E-state index >= 15 is 0 Å². The number of amides is 3. The van der Waals surface area contributed by atoms with Gasteiger partial charge in [-0.1, -0.05) is 0 Å². The summed E-state index contributed by atoms with van der Waals surface area (Å²) in [5, 5.41) is 4.88. The molecule has 3 amide bonds. The van der Waals surface area contributed by atoms with Crippen molar-refractivity contribution in [1.29, 1.82) is 0 Å². The van der Waals surface area contributed by atoms with Crippen LogP contribution >= 0.6 is 0 Å². The fourth-order valence-electron chi connectivity index (χ4n) is 0.903. The highest BCUT2D eigenvalue weighted by molar-refractivity contribution is 5.87. The van der Waals surface area contributed by atoms with Crippen molar-refractivity contribution in [3.8, 4) is 0 Å². The van der Waals surface area contributed by atoms with Gasteiger partial charge in [-0.05, 0) is 6.42 Å². The summed E-state index contributed by atoms with van der Waals surface area (Å²) in [6.45, 7) is 0.615. The van der Waals surface area contributed by atoms with Crippen molar-refractivity contribution in [3.63, 3.8) is 0 Å². The van der Waals surface area contributed by atoms with E-state index < -0.39 is 12.1 Å². The van der Waals surface area contributed by atoms with E-state index in [0.717, 1.165) is 0 Å². The number of nitrogens with one attached hydrogen (secondary N) is 2. The molecular weight excluding hydrogens is 134 g/mol. The van der Waals surface area contributed by atoms with Gasteiger partial charge in [0, 0.05) is 6.54 Å². The van der Waals surface area contributed by atoms with Crippen LogP contribution in [0.1, 0.15) is 6.42 Å². The molecule has 4 N–H and O–H groups in total. The topological polar surface area (TPSA) is 84.2 Å². The van der Waals surface area contributed by atoms with Gasteiger partial charge in [-0.25, -0.2) is 4.79 Å². The molecule has 56 valence electrons. The van der Waals surface area contributed by atoms with E-state index in [2.05, 4.69) is 10.6 Å². The molecule has 1 atom stereocenters. The van der Waals surface area contributed by atoms with Gasteiger partial charge >= 0.3 is 6.03 Å². The molecule has 0 aromatic rings. The lowest BCUT2D eigenvalue weighted by atomic mass is 10.2. The van der Waals surface area contributed by atoms with Crippen molar-refractivity contribution >= 4 is 11.9 Å². The molecule has 1 aliphatic heterocycles. The molecule has 0 aromatic heterocycles. The van der Waals surface area contributed by atoms with Crippen molar-refractivity contribution in [2.45, 2.75) is 12.5 Å². The number of rotatable bonds is 1. The number of urea groups is 1. The Balaban J connectivity index is 2.40. The van der Waals surface area contributed by atoms with Crippen LogP contribution in [0.25, 0.3) is 0 Å². The van der Waals surface area contributed by atoms with E-state index in [1.165, 1.54) is 0 Å². The van der Waals surface area contributed by atoms with Gasteiger partial charge in [0.2, 0.25) is 5.91 Å². The van der Waals surface area contributed by atoms with Gasteiger partial charge in [0.15, 0.2) is 0 Å². The predicted molar refractivity (Wildman–Crippen MR) is 34.1 cm³/mol. The standard InChI is InChI=1S/C5H9N3O2/c6-5(10)8-3-1-2-7-4(3)9/h3H,1-2H2,(H,7,9)(H3,6,8,10). The molecule has 1 aliphatic rings. The smallest absolute Gasteiger partial charge is 0.312 e. The Hall–Kier alpha value is -1.26. The van der Waals surface area contributed by atoms with Crippen LogP contribution in [-0.2, 0) is 4.79 Å². The minimum Gasteiger partial charge on any atom is -0.354 e. The normalized spacial score (nSPS) is 24.0. The second kappa shape index (κ2) is 2.55. The third-order valence-corrected chi connectivity index (χ3v) is 1.37. The molecule has 1 rings (SSSR count). The van der Waals surface area contributed by atoms with E-state index in [1.807, 2.05) is 0 Å². The quantitative estimate of drug-likeness (QED) is 0.419. The average Bonchev–Trinajstić information content (AvgIpc) is 2.15. The number of nitrogens with two attached hydrogens (primary N) is 1. The van der Waals surface area contributed by atoms with Crippen molar-refractivity contribution in [3.05, 3.63) is 0 Å². The Morgan fingerprint density at radius 1 is 1.80 bits per heavy atom. The Labute approximate surface area is 58.0 Å². The predicted octanol–water partition coefficient (Wildman–Crippen LogP) is -1.46. The van der Waals surface area contributed by atoms with Crippen LogP contribution in [0.3, 0.4) is 0 Å². The molecule has 1 fully saturated rings. The Kier molecular flexibility index (Phi) is 1.75. The summed E-state index contributed by atoms with van der Waals surface area (Å²) in [5.41, 5.74) is 4.80. The van der Waals surface area contributed by atoms with Crippen LogP contribution in [0.2, 0.25) is 0 Å². The van der Waals surface area contributed by atoms with Gasteiger partial charge in [0.25, 0.3) is 0 Å². The lowest BCUT2D eigenvalue weighted by molar-refractivity contribution is -0.120. The third-order valence-electron chi connectivity index (χ3n) is 1.37. The van der Waals surface area contributed by atoms with Crippen LogP contribution < -0.4 is 16.4 Å². The molecule has 1 heterocycles. The Bertz CT molecular complexity index is 168. The first kappa shape index (κ1) is 6.85. The first-order chi connectivity index (χ1) is 4.70. The first-order valence-corrected chi connectivity index (χ1v) is 3.04. The van der Waals surface area contributed by atoms with Gasteiger partial charge < -0.3 is 16.4 Å². The van der Waals surface area contributed by atoms with Crippen molar-refractivity contribution in [1.82, 2.24) is 10.6 Å². The van der Waals surface area contributed by atoms with Gasteiger partial charge in [0.05, 0.1) is 0 Å². The van der Waals surface area contributed by atoms with Crippen LogP contribution in [0.5, 0.6) is 0 Å². The lowest BCUT2D eigenvalue weighted by Crippen LogP contribution is -2.42. The van der Waals surface area contributed by atoms with Gasteiger partial charge in [-0.15, -0.1) is 0 Å². The molecular formula is C5H9N3O2. The van der Waals surface area contributed by atoms with Gasteiger partial charge in [-0.3, -0.25) is 4.79 Å². The second-order valence-corrected chi connectivity index (χ2v) is 2.14. The van der Waals surface area contributed by atoms with Crippen LogP contribution in [0.4, 0.5) is 4.79 Å². The summed E-state index contributed by atoms with van der Waals surface area (Å²) in [5.74, 6) is -0.154. The van der Waals surface area contributed by atoms with Crippen LogP contribution in [-0.4, -0.2) is 24.5 Å². The fourth-order valence-corrected chi connectivity index (χ4v) is 0.903. The first-order valence-electron chi connectivity index (χ1n) is 3.04. The van der Waals surface area contributed by atoms with E-state index in [0.29, 0.717) is 13.0 Å². The zero-order valence-electron chi connectivity index (χ0n) is 5.39. The van der Waals surface area contributed by atoms with Gasteiger partial charge in [-0.2, -0.15) is 0 Å². The van der Waals surface area contributed by atoms with E-state index in [-0.39, 0.29) is 5.91 Å². The maximum atomic E-state index is 10.7. The Morgan fingerprint density at radius 2 is 2.50 bits per heavy atom. The van der Waals surface area contributed by atoms with Crippen molar-refractivity contribution in [2.75, 3.05) is 6.54 Å². The molecule has 0 spiro atoms. The molecule has 0 radical (unpaired) electrons. The maximum Gasteiger partial charge on any atom is 0.312 e. The highest BCUT2D eigenvalue weighted by Crippen LogP contribution is 1.97. The summed E-state index contributed by atoms with van der Waals surface area (Å²) < 4.78 is 0. The fraction of sp³-hybridized carbons (Fsp3) is 0.600. The van der Waals surface area contributed by atoms with Crippen molar-refractivity contribution < 1.29 is 9.59 Å². The van der Waals surface area contributed by atoms with E-state index in [1.54, 1.807) is 0 Å². The molecule has 1 saturated heterocycles. The zero-order chi connectivity index (χ0) is 7.56. The summed E-state index contributed by atoms with van der Waals surface area (Å²) in [4.78, 5) is 21.0. The molecule has 1 unspecified atom stereocenters. The SMILES string of the molecule is NC(=O)NC1CCNC1=O. The van der Waals surface area contributed by atoms with E-state index in [4.69, 9.17) is 5.73 Å². The maximum absolute atomic E-state index is 10.7. The summed E-state index contributed by atoms with van der Waals surface area (Å²) >= 11 is 0. The second-order valence-electron chi connectivity index (χ2n) is 2.14. The largest absolute Gasteiger partial charge is 0.354 e. The van der Waals surface area contributed by atoms with E-state index in [9.17, 15) is 9.59 Å². The highest BCUT2D eigenvalue weighted by Gasteiger charge is 2.24. The van der Waals surface area contributed by atoms with Gasteiger partial charge in [0.1, 0.15) is 6.04 Å². The minimum atomic E-state index is -0.651. The molecule has 0 saturated carbocycles. The zero-order valence-corrected chi connectivity index (χ0v) is 5.39. The number of hydrogen-bond acceptors (Lipinski definition) is 2. The molecule has 5 nitrogen and oxygen atoms in total. The number of carbonyl (C=O) groups is 2. The molecule has 0 bridgehead atoms. The third kappa shape index (κ3) is 1.37. The Morgan fingerprint density at radius 3 is 2.90 bits per heavy atom. The summed E-state index contributed by atoms with van der Waals surface area (Å²) in [6, 6.07) is -1.07. The summed E-state index contributed by atoms with van der Waals surface area (Å²) in [7, 11) is 0. The van der Waals surface area contributed by atoms with Crippen LogP contribution in [0.15, 0.2) is 0 Å². The number of carbonyl (C=O) groups excluding carboxylic acids is 2. The monoisotopic (exact) mass is 143 g/mol. The summed E-state index contributed by atoms with van der Waals surface area (Å²) in [6.07, 6.45) is 0.627. The number of primary amides is 1. The average molecular weight is 143 g/mol. The van der Waals surface area contributed by atoms with Crippen molar-refractivity contribution in [2.24, 2.45) is 5.73 Å². The molecule has 0 aliphatic carbocycles. The van der Waals surface area contributed by atoms with Crippen LogP contribution in [0, 0.1) is 0 Å². The molecule has 5 heteroatoms. The molecule has 10 heavy (non-hydrogen) atoms. The highest BCUT2D eigenvalue weighted by atomic mass is 16.2. The number of hydrogen-bond donors (Lipinski definition) is 3. The minimum absolute atomic E-state index is 0.154. The lowest BCUT2D eigenvalue weighted by Gasteiger charge is -2.05.